The third-order valence-corrected chi connectivity index (χ3v) is 16.6. The molecular formula is C39H58O5S. The lowest BCUT2D eigenvalue weighted by Crippen LogP contribution is -2.67. The zero-order valence-corrected chi connectivity index (χ0v) is 30.0. The minimum Gasteiger partial charge on any atom is -0.462 e. The number of carbonyl (C=O) groups excluding carboxylic acids is 1. The Bertz CT molecular complexity index is 1450. The van der Waals surface area contributed by atoms with Gasteiger partial charge < -0.3 is 4.74 Å². The third-order valence-electron chi connectivity index (χ3n) is 15.3. The summed E-state index contributed by atoms with van der Waals surface area (Å²) in [4.78, 5) is 12.3. The molecule has 0 amide bonds. The molecule has 45 heavy (non-hydrogen) atoms. The Morgan fingerprint density at radius 1 is 0.844 bits per heavy atom. The molecule has 5 aliphatic rings. The second-order valence-electron chi connectivity index (χ2n) is 17.5. The van der Waals surface area contributed by atoms with E-state index in [9.17, 15) is 13.2 Å². The van der Waals surface area contributed by atoms with Crippen molar-refractivity contribution in [3.8, 4) is 0 Å². The summed E-state index contributed by atoms with van der Waals surface area (Å²) in [7, 11) is -3.83. The zero-order chi connectivity index (χ0) is 32.8. The van der Waals surface area contributed by atoms with Gasteiger partial charge in [-0.2, -0.15) is 8.42 Å². The number of rotatable bonds is 6. The van der Waals surface area contributed by atoms with Crippen molar-refractivity contribution in [3.63, 3.8) is 0 Å². The van der Waals surface area contributed by atoms with Gasteiger partial charge in [0, 0.05) is 12.3 Å². The molecule has 6 heteroatoms. The molecular weight excluding hydrogens is 580 g/mol. The van der Waals surface area contributed by atoms with Gasteiger partial charge in [0.25, 0.3) is 10.1 Å². The van der Waals surface area contributed by atoms with Gasteiger partial charge in [0.05, 0.1) is 11.5 Å². The average molecular weight is 639 g/mol. The molecule has 0 radical (unpaired) electrons. The monoisotopic (exact) mass is 638 g/mol. The minimum absolute atomic E-state index is 0.00865. The topological polar surface area (TPSA) is 69.7 Å². The summed E-state index contributed by atoms with van der Waals surface area (Å²) in [5.74, 6) is 2.31. The fraction of sp³-hybridized carbons (Fsp3) is 0.769. The van der Waals surface area contributed by atoms with E-state index < -0.39 is 10.1 Å². The molecule has 250 valence electrons. The average Bonchev–Trinajstić information content (AvgIpc) is 3.34. The van der Waals surface area contributed by atoms with Crippen molar-refractivity contribution in [2.75, 3.05) is 6.61 Å². The van der Waals surface area contributed by atoms with E-state index in [1.807, 2.05) is 19.1 Å². The van der Waals surface area contributed by atoms with E-state index >= 15 is 0 Å². The van der Waals surface area contributed by atoms with Crippen LogP contribution in [-0.4, -0.2) is 27.1 Å². The van der Waals surface area contributed by atoms with Gasteiger partial charge in [0.15, 0.2) is 0 Å². The first-order valence-electron chi connectivity index (χ1n) is 17.7. The van der Waals surface area contributed by atoms with Gasteiger partial charge in [-0.05, 0) is 141 Å². The second kappa shape index (κ2) is 10.9. The highest BCUT2D eigenvalue weighted by molar-refractivity contribution is 7.86. The Balaban J connectivity index is 1.31. The molecule has 0 spiro atoms. The molecule has 0 aliphatic heterocycles. The number of esters is 1. The van der Waals surface area contributed by atoms with Crippen LogP contribution in [0.15, 0.2) is 41.3 Å². The van der Waals surface area contributed by atoms with E-state index in [0.29, 0.717) is 29.6 Å². The Hall–Kier alpha value is -1.66. The maximum Gasteiger partial charge on any atom is 0.302 e. The van der Waals surface area contributed by atoms with Crippen molar-refractivity contribution < 1.29 is 22.1 Å². The Labute approximate surface area is 273 Å². The predicted molar refractivity (Wildman–Crippen MR) is 179 cm³/mol. The van der Waals surface area contributed by atoms with E-state index in [2.05, 4.69) is 48.1 Å². The number of aryl methyl sites for hydroxylation is 1. The maximum atomic E-state index is 13.4. The van der Waals surface area contributed by atoms with Crippen LogP contribution in [0.5, 0.6) is 0 Å². The molecule has 5 aliphatic carbocycles. The fourth-order valence-corrected chi connectivity index (χ4v) is 13.9. The minimum atomic E-state index is -3.83. The van der Waals surface area contributed by atoms with Gasteiger partial charge >= 0.3 is 5.97 Å². The smallest absolute Gasteiger partial charge is 0.302 e. The van der Waals surface area contributed by atoms with Crippen molar-refractivity contribution in [1.82, 2.24) is 0 Å². The summed E-state index contributed by atoms with van der Waals surface area (Å²) in [6.45, 7) is 23.0. The third kappa shape index (κ3) is 4.92. The predicted octanol–water partition coefficient (Wildman–Crippen LogP) is 9.29. The number of benzene rings is 1. The van der Waals surface area contributed by atoms with E-state index in [1.54, 1.807) is 19.1 Å². The van der Waals surface area contributed by atoms with Gasteiger partial charge in [-0.3, -0.25) is 8.98 Å². The number of hydrogen-bond acceptors (Lipinski definition) is 5. The van der Waals surface area contributed by atoms with Crippen LogP contribution in [-0.2, 0) is 23.8 Å². The molecule has 0 unspecified atom stereocenters. The maximum absolute atomic E-state index is 13.4. The molecule has 0 N–H and O–H groups in total. The van der Waals surface area contributed by atoms with Crippen molar-refractivity contribution in [3.05, 3.63) is 42.0 Å². The van der Waals surface area contributed by atoms with Crippen LogP contribution in [0.4, 0.5) is 0 Å². The molecule has 5 nitrogen and oxygen atoms in total. The molecule has 0 aromatic heterocycles. The lowest BCUT2D eigenvalue weighted by Gasteiger charge is -2.73. The van der Waals surface area contributed by atoms with E-state index in [4.69, 9.17) is 8.92 Å². The normalized spacial score (nSPS) is 43.7. The van der Waals surface area contributed by atoms with Crippen molar-refractivity contribution >= 4 is 16.1 Å². The molecule has 5 saturated carbocycles. The van der Waals surface area contributed by atoms with Crippen LogP contribution < -0.4 is 0 Å². The van der Waals surface area contributed by atoms with Crippen LogP contribution in [0.2, 0.25) is 0 Å². The fourth-order valence-electron chi connectivity index (χ4n) is 12.9. The SMILES string of the molecule is C=C(C)[C@@H]1CC[C@]2(COS(=O)(=O)c3ccc(C)cc3)CC[C@]3(C)[C@H](CC[C@H]4[C@]5(C)CC[C@H](OC(C)=O)C(C)(C)[C@@H]5CC[C@]43C)[C@@H]12. The summed E-state index contributed by atoms with van der Waals surface area (Å²) in [6.07, 6.45) is 11.1. The highest BCUT2D eigenvalue weighted by Gasteiger charge is 2.71. The van der Waals surface area contributed by atoms with Crippen LogP contribution in [0, 0.1) is 63.6 Å². The number of fused-ring (bicyclic) bond motifs is 7. The first-order chi connectivity index (χ1) is 20.9. The quantitative estimate of drug-likeness (QED) is 0.176. The number of ether oxygens (including phenoxy) is 1. The van der Waals surface area contributed by atoms with E-state index in [0.717, 1.165) is 44.1 Å². The molecule has 1 aromatic carbocycles. The van der Waals surface area contributed by atoms with Gasteiger partial charge in [-0.1, -0.05) is 64.5 Å². The summed E-state index contributed by atoms with van der Waals surface area (Å²) in [5.41, 5.74) is 2.69. The first-order valence-corrected chi connectivity index (χ1v) is 19.1. The number of hydrogen-bond donors (Lipinski definition) is 0. The van der Waals surface area contributed by atoms with Crippen molar-refractivity contribution in [1.29, 1.82) is 0 Å². The van der Waals surface area contributed by atoms with Gasteiger partial charge in [-0.25, -0.2) is 0 Å². The molecule has 0 saturated heterocycles. The Kier molecular flexibility index (Phi) is 8.08. The van der Waals surface area contributed by atoms with Crippen molar-refractivity contribution in [2.24, 2.45) is 56.7 Å². The standard InChI is InChI=1S/C39H58O5S/c1-25(2)29-16-21-39(24-43-45(41,42)28-12-10-26(3)11-13-28)23-22-37(8)30(34(29)39)14-15-32-36(7)19-18-33(44-27(4)40)35(5,6)31(36)17-20-38(32,37)9/h10-13,29-34H,1,14-24H2,2-9H3/t29-,30+,31-,32-,33-,34+,36+,37+,38+,39+/m0/s1. The molecule has 5 fully saturated rings. The number of carbonyl (C=O) groups is 1. The van der Waals surface area contributed by atoms with Crippen molar-refractivity contribution in [2.45, 2.75) is 131 Å². The van der Waals surface area contributed by atoms with Crippen LogP contribution in [0.1, 0.15) is 118 Å². The lowest BCUT2D eigenvalue weighted by molar-refractivity contribution is -0.251. The largest absolute Gasteiger partial charge is 0.462 e. The van der Waals surface area contributed by atoms with Gasteiger partial charge in [0.2, 0.25) is 0 Å². The van der Waals surface area contributed by atoms with E-state index in [-0.39, 0.29) is 50.7 Å². The summed E-state index contributed by atoms with van der Waals surface area (Å²) in [6, 6.07) is 7.02. The zero-order valence-electron chi connectivity index (χ0n) is 29.2. The highest BCUT2D eigenvalue weighted by Crippen LogP contribution is 2.77. The van der Waals surface area contributed by atoms with Crippen LogP contribution in [0.3, 0.4) is 0 Å². The highest BCUT2D eigenvalue weighted by atomic mass is 32.2. The molecule has 1 aromatic rings. The summed E-state index contributed by atoms with van der Waals surface area (Å²) >= 11 is 0. The lowest BCUT2D eigenvalue weighted by atomic mass is 9.32. The van der Waals surface area contributed by atoms with Crippen LogP contribution in [0.25, 0.3) is 0 Å². The molecule has 6 rings (SSSR count). The molecule has 0 heterocycles. The Morgan fingerprint density at radius 3 is 2.18 bits per heavy atom. The molecule has 10 atom stereocenters. The molecule has 0 bridgehead atoms. The number of allylic oxidation sites excluding steroid dienone is 1. The van der Waals surface area contributed by atoms with Gasteiger partial charge in [0.1, 0.15) is 6.10 Å². The first kappa shape index (κ1) is 33.2. The van der Waals surface area contributed by atoms with Crippen LogP contribution >= 0.6 is 0 Å². The van der Waals surface area contributed by atoms with Gasteiger partial charge in [-0.15, -0.1) is 0 Å². The second-order valence-corrected chi connectivity index (χ2v) is 19.2. The Morgan fingerprint density at radius 2 is 1.53 bits per heavy atom. The van der Waals surface area contributed by atoms with E-state index in [1.165, 1.54) is 31.3 Å². The summed E-state index contributed by atoms with van der Waals surface area (Å²) < 4.78 is 38.8. The summed E-state index contributed by atoms with van der Waals surface area (Å²) in [5, 5.41) is 0.